The van der Waals surface area contributed by atoms with Gasteiger partial charge in [-0.1, -0.05) is 30.3 Å². The third-order valence-electron chi connectivity index (χ3n) is 4.10. The summed E-state index contributed by atoms with van der Waals surface area (Å²) in [5.41, 5.74) is 4.06. The molecule has 0 radical (unpaired) electrons. The molecule has 0 aliphatic heterocycles. The molecule has 26 heavy (non-hydrogen) atoms. The van der Waals surface area contributed by atoms with Crippen molar-refractivity contribution in [1.29, 1.82) is 0 Å². The van der Waals surface area contributed by atoms with Crippen molar-refractivity contribution in [3.8, 4) is 17.3 Å². The lowest BCUT2D eigenvalue weighted by atomic mass is 10.2. The molecule has 8 heteroatoms. The Hall–Kier alpha value is -3.68. The predicted molar refractivity (Wildman–Crippen MR) is 95.9 cm³/mol. The van der Waals surface area contributed by atoms with Crippen molar-refractivity contribution in [1.82, 2.24) is 39.3 Å². The van der Waals surface area contributed by atoms with Gasteiger partial charge in [-0.05, 0) is 19.9 Å². The van der Waals surface area contributed by atoms with Crippen molar-refractivity contribution < 1.29 is 0 Å². The van der Waals surface area contributed by atoms with E-state index in [9.17, 15) is 0 Å². The summed E-state index contributed by atoms with van der Waals surface area (Å²) in [6.07, 6.45) is 3.36. The Kier molecular flexibility index (Phi) is 3.05. The Labute approximate surface area is 148 Å². The molecule has 0 unspecified atom stereocenters. The monoisotopic (exact) mass is 342 g/mol. The van der Waals surface area contributed by atoms with Crippen LogP contribution in [0, 0.1) is 13.8 Å². The van der Waals surface area contributed by atoms with Crippen LogP contribution in [0.4, 0.5) is 0 Å². The summed E-state index contributed by atoms with van der Waals surface area (Å²) in [4.78, 5) is 18.1. The first kappa shape index (κ1) is 14.6. The maximum absolute atomic E-state index is 4.67. The number of rotatable bonds is 2. The minimum Gasteiger partial charge on any atom is -0.216 e. The van der Waals surface area contributed by atoms with Crippen LogP contribution < -0.4 is 0 Å². The van der Waals surface area contributed by atoms with Crippen LogP contribution in [0.3, 0.4) is 0 Å². The second-order valence-electron chi connectivity index (χ2n) is 6.06. The van der Waals surface area contributed by atoms with Crippen LogP contribution in [0.15, 0.2) is 48.9 Å². The van der Waals surface area contributed by atoms with Gasteiger partial charge in [-0.2, -0.15) is 9.78 Å². The van der Waals surface area contributed by atoms with Crippen molar-refractivity contribution in [2.45, 2.75) is 13.8 Å². The van der Waals surface area contributed by atoms with Gasteiger partial charge in [0.25, 0.3) is 5.95 Å². The van der Waals surface area contributed by atoms with Gasteiger partial charge >= 0.3 is 0 Å². The van der Waals surface area contributed by atoms with Crippen molar-refractivity contribution in [2.24, 2.45) is 0 Å². The van der Waals surface area contributed by atoms with E-state index < -0.39 is 0 Å². The van der Waals surface area contributed by atoms with Crippen molar-refractivity contribution in [3.63, 3.8) is 0 Å². The van der Waals surface area contributed by atoms with Gasteiger partial charge in [0.05, 0.1) is 11.6 Å². The molecular weight excluding hydrogens is 328 g/mol. The molecule has 126 valence electrons. The van der Waals surface area contributed by atoms with E-state index in [4.69, 9.17) is 0 Å². The van der Waals surface area contributed by atoms with Gasteiger partial charge in [-0.3, -0.25) is 0 Å². The van der Waals surface area contributed by atoms with Crippen LogP contribution in [-0.4, -0.2) is 39.3 Å². The Morgan fingerprint density at radius 2 is 1.65 bits per heavy atom. The van der Waals surface area contributed by atoms with E-state index in [1.807, 2.05) is 50.2 Å². The van der Waals surface area contributed by atoms with E-state index in [0.29, 0.717) is 23.1 Å². The molecule has 0 bridgehead atoms. The van der Waals surface area contributed by atoms with Crippen molar-refractivity contribution in [3.05, 3.63) is 60.3 Å². The van der Waals surface area contributed by atoms with Crippen LogP contribution >= 0.6 is 0 Å². The molecule has 1 aromatic carbocycles. The summed E-state index contributed by atoms with van der Waals surface area (Å²) in [7, 11) is 0. The number of hydrogen-bond acceptors (Lipinski definition) is 6. The number of aromatic nitrogens is 8. The number of fused-ring (bicyclic) bond motifs is 3. The van der Waals surface area contributed by atoms with Crippen LogP contribution in [0.1, 0.15) is 11.4 Å². The highest BCUT2D eigenvalue weighted by molar-refractivity contribution is 5.89. The fourth-order valence-electron chi connectivity index (χ4n) is 2.98. The highest BCUT2D eigenvalue weighted by Crippen LogP contribution is 2.21. The molecule has 5 aromatic rings. The molecule has 0 atom stereocenters. The maximum Gasteiger partial charge on any atom is 0.252 e. The summed E-state index contributed by atoms with van der Waals surface area (Å²) in [6, 6.07) is 11.8. The average Bonchev–Trinajstić information content (AvgIpc) is 3.25. The third kappa shape index (κ3) is 2.23. The van der Waals surface area contributed by atoms with Crippen LogP contribution in [0.5, 0.6) is 0 Å². The second-order valence-corrected chi connectivity index (χ2v) is 6.06. The van der Waals surface area contributed by atoms with E-state index in [1.54, 1.807) is 21.7 Å². The van der Waals surface area contributed by atoms with E-state index in [0.717, 1.165) is 22.3 Å². The fourth-order valence-corrected chi connectivity index (χ4v) is 2.98. The normalized spacial score (nSPS) is 11.5. The first-order chi connectivity index (χ1) is 12.7. The Balaban J connectivity index is 1.72. The Bertz CT molecular complexity index is 1230. The lowest BCUT2D eigenvalue weighted by molar-refractivity contribution is 0.804. The molecule has 8 nitrogen and oxygen atoms in total. The highest BCUT2D eigenvalue weighted by Gasteiger charge is 2.15. The molecule has 0 spiro atoms. The van der Waals surface area contributed by atoms with E-state index in [2.05, 4.69) is 30.1 Å². The summed E-state index contributed by atoms with van der Waals surface area (Å²) in [5.74, 6) is 1.15. The van der Waals surface area contributed by atoms with Gasteiger partial charge in [-0.15, -0.1) is 5.10 Å². The molecule has 0 fully saturated rings. The summed E-state index contributed by atoms with van der Waals surface area (Å²) >= 11 is 0. The Morgan fingerprint density at radius 3 is 2.42 bits per heavy atom. The molecule has 0 amide bonds. The molecule has 0 saturated carbocycles. The SMILES string of the molecule is Cc1cc(C)nc(-n2ncc3c2ncn2nc(-c4ccccc4)nc32)n1. The largest absolute Gasteiger partial charge is 0.252 e. The lowest BCUT2D eigenvalue weighted by Gasteiger charge is -2.03. The summed E-state index contributed by atoms with van der Waals surface area (Å²) in [5, 5.41) is 9.74. The van der Waals surface area contributed by atoms with E-state index in [1.165, 1.54) is 0 Å². The summed E-state index contributed by atoms with van der Waals surface area (Å²) < 4.78 is 3.30. The van der Waals surface area contributed by atoms with Gasteiger partial charge in [0.1, 0.15) is 6.33 Å². The third-order valence-corrected chi connectivity index (χ3v) is 4.10. The first-order valence-electron chi connectivity index (χ1n) is 8.16. The summed E-state index contributed by atoms with van der Waals surface area (Å²) in [6.45, 7) is 3.86. The van der Waals surface area contributed by atoms with Gasteiger partial charge in [0, 0.05) is 17.0 Å². The molecule has 5 rings (SSSR count). The number of aryl methyl sites for hydroxylation is 2. The quantitative estimate of drug-likeness (QED) is 0.490. The highest BCUT2D eigenvalue weighted by atomic mass is 15.4. The molecule has 0 saturated heterocycles. The molecule has 0 aliphatic carbocycles. The standard InChI is InChI=1S/C18H14N8/c1-11-8-12(2)22-18(21-11)26-16-14(9-20-26)17-23-15(24-25(17)10-19-16)13-6-4-3-5-7-13/h3-10H,1-2H3. The van der Waals surface area contributed by atoms with Crippen LogP contribution in [0.25, 0.3) is 34.0 Å². The maximum atomic E-state index is 4.67. The zero-order valence-corrected chi connectivity index (χ0v) is 14.2. The van der Waals surface area contributed by atoms with E-state index >= 15 is 0 Å². The fraction of sp³-hybridized carbons (Fsp3) is 0.111. The lowest BCUT2D eigenvalue weighted by Crippen LogP contribution is -2.06. The smallest absolute Gasteiger partial charge is 0.216 e. The van der Waals surface area contributed by atoms with Crippen molar-refractivity contribution in [2.75, 3.05) is 0 Å². The zero-order chi connectivity index (χ0) is 17.7. The molecule has 0 aliphatic rings. The molecule has 0 N–H and O–H groups in total. The van der Waals surface area contributed by atoms with Gasteiger partial charge in [-0.25, -0.2) is 24.5 Å². The van der Waals surface area contributed by atoms with Gasteiger partial charge in [0.15, 0.2) is 17.1 Å². The van der Waals surface area contributed by atoms with E-state index in [-0.39, 0.29) is 0 Å². The minimum atomic E-state index is 0.497. The second kappa shape index (κ2) is 5.41. The first-order valence-corrected chi connectivity index (χ1v) is 8.16. The average molecular weight is 342 g/mol. The number of hydrogen-bond donors (Lipinski definition) is 0. The topological polar surface area (TPSA) is 86.7 Å². The molecule has 4 heterocycles. The van der Waals surface area contributed by atoms with Crippen LogP contribution in [-0.2, 0) is 0 Å². The zero-order valence-electron chi connectivity index (χ0n) is 14.2. The number of nitrogens with zero attached hydrogens (tertiary/aromatic N) is 8. The predicted octanol–water partition coefficient (Wildman–Crippen LogP) is 2.54. The van der Waals surface area contributed by atoms with Gasteiger partial charge < -0.3 is 0 Å². The Morgan fingerprint density at radius 1 is 0.885 bits per heavy atom. The van der Waals surface area contributed by atoms with Crippen molar-refractivity contribution >= 4 is 16.7 Å². The number of benzene rings is 1. The van der Waals surface area contributed by atoms with Crippen LogP contribution in [0.2, 0.25) is 0 Å². The van der Waals surface area contributed by atoms with Gasteiger partial charge in [0.2, 0.25) is 0 Å². The molecular formula is C18H14N8. The molecule has 4 aromatic heterocycles. The minimum absolute atomic E-state index is 0.497.